The van der Waals surface area contributed by atoms with E-state index in [1.807, 2.05) is 0 Å². The van der Waals surface area contributed by atoms with Crippen molar-refractivity contribution in [2.24, 2.45) is 0 Å². The van der Waals surface area contributed by atoms with Gasteiger partial charge in [0, 0.05) is 11.6 Å². The van der Waals surface area contributed by atoms with Crippen LogP contribution in [-0.2, 0) is 15.0 Å². The minimum atomic E-state index is -4.39. The molecule has 9 nitrogen and oxygen atoms in total. The quantitative estimate of drug-likeness (QED) is 0.801. The first-order valence-electron chi connectivity index (χ1n) is 6.15. The van der Waals surface area contributed by atoms with Gasteiger partial charge in [0.15, 0.2) is 5.82 Å². The number of phenolic OH excluding ortho intramolecular Hbond substituents is 1. The molecule has 0 aliphatic carbocycles. The molecule has 0 unspecified atom stereocenters. The number of aromatic hydroxyl groups is 1. The van der Waals surface area contributed by atoms with E-state index in [0.29, 0.717) is 4.31 Å². The molecule has 1 fully saturated rings. The lowest BCUT2D eigenvalue weighted by molar-refractivity contribution is -0.117. The highest BCUT2D eigenvalue weighted by atomic mass is 32.2. The normalized spacial score (nSPS) is 16.7. The lowest BCUT2D eigenvalue weighted by Gasteiger charge is -2.17. The Morgan fingerprint density at radius 2 is 2.12 bits per heavy atom. The van der Waals surface area contributed by atoms with Gasteiger partial charge in [-0.15, -0.1) is 0 Å². The lowest BCUT2D eigenvalue weighted by atomic mass is 10.2. The number of phenols is 1. The van der Waals surface area contributed by atoms with Crippen LogP contribution in [0.5, 0.6) is 11.8 Å². The number of hydrogen-bond donors (Lipinski definition) is 2. The zero-order valence-electron chi connectivity index (χ0n) is 11.4. The van der Waals surface area contributed by atoms with Gasteiger partial charge < -0.3 is 9.84 Å². The third-order valence-corrected chi connectivity index (χ3v) is 4.39. The Hall–Kier alpha value is -2.83. The molecule has 13 heteroatoms. The molecule has 1 aliphatic heterocycles. The van der Waals surface area contributed by atoms with Crippen LogP contribution in [0, 0.1) is 5.82 Å². The number of anilines is 1. The average molecular weight is 364 g/mol. The molecule has 1 aromatic heterocycles. The summed E-state index contributed by atoms with van der Waals surface area (Å²) in [7, 11) is -4.39. The number of hydrogen-bond acceptors (Lipinski definition) is 7. The van der Waals surface area contributed by atoms with Crippen LogP contribution >= 0.6 is 0 Å². The SMILES string of the molecule is O=C1CN(c2c(O)cc3cnc(OC(F)F)nc3c2F)S(=O)(=O)N1. The molecule has 3 rings (SSSR count). The van der Waals surface area contributed by atoms with Crippen LogP contribution in [-0.4, -0.2) is 42.6 Å². The third kappa shape index (κ3) is 2.62. The largest absolute Gasteiger partial charge is 0.506 e. The number of ether oxygens (including phenoxy) is 1. The molecule has 0 saturated carbocycles. The summed E-state index contributed by atoms with van der Waals surface area (Å²) in [5, 5.41) is 9.80. The molecule has 0 atom stereocenters. The van der Waals surface area contributed by atoms with Crippen molar-refractivity contribution in [3.05, 3.63) is 18.1 Å². The van der Waals surface area contributed by atoms with E-state index in [0.717, 1.165) is 12.3 Å². The predicted octanol–water partition coefficient (Wildman–Crippen LogP) is 0.257. The number of halogens is 3. The minimum absolute atomic E-state index is 0.0914. The van der Waals surface area contributed by atoms with Crippen LogP contribution in [0.4, 0.5) is 18.9 Å². The predicted molar refractivity (Wildman–Crippen MR) is 72.2 cm³/mol. The van der Waals surface area contributed by atoms with Crippen molar-refractivity contribution >= 4 is 32.7 Å². The molecule has 0 radical (unpaired) electrons. The molecular weight excluding hydrogens is 357 g/mol. The first kappa shape index (κ1) is 16.0. The zero-order valence-corrected chi connectivity index (χ0v) is 12.2. The van der Waals surface area contributed by atoms with Crippen molar-refractivity contribution < 1.29 is 36.2 Å². The van der Waals surface area contributed by atoms with Gasteiger partial charge in [-0.25, -0.2) is 18.4 Å². The number of rotatable bonds is 3. The van der Waals surface area contributed by atoms with Gasteiger partial charge in [-0.3, -0.25) is 4.79 Å². The van der Waals surface area contributed by atoms with Crippen molar-refractivity contribution in [1.82, 2.24) is 14.7 Å². The van der Waals surface area contributed by atoms with Crippen molar-refractivity contribution in [3.8, 4) is 11.8 Å². The van der Waals surface area contributed by atoms with E-state index in [4.69, 9.17) is 0 Å². The second-order valence-corrected chi connectivity index (χ2v) is 6.16. The molecule has 1 aromatic carbocycles. The molecule has 0 bridgehead atoms. The maximum atomic E-state index is 14.6. The van der Waals surface area contributed by atoms with Crippen molar-refractivity contribution in [3.63, 3.8) is 0 Å². The molecule has 1 saturated heterocycles. The first-order valence-corrected chi connectivity index (χ1v) is 7.59. The summed E-state index contributed by atoms with van der Waals surface area (Å²) < 4.78 is 68.4. The summed E-state index contributed by atoms with van der Waals surface area (Å²) in [6.07, 6.45) is 0.911. The minimum Gasteiger partial charge on any atom is -0.506 e. The summed E-state index contributed by atoms with van der Waals surface area (Å²) in [6.45, 7) is -4.01. The molecular formula is C11H7F3N4O5S. The Kier molecular flexibility index (Phi) is 3.59. The Bertz CT molecular complexity index is 952. The summed E-state index contributed by atoms with van der Waals surface area (Å²) in [5.41, 5.74) is -1.41. The molecule has 24 heavy (non-hydrogen) atoms. The van der Waals surface area contributed by atoms with Gasteiger partial charge in [0.1, 0.15) is 23.5 Å². The summed E-state index contributed by atoms with van der Waals surface area (Å²) >= 11 is 0. The Labute approximate surface area is 131 Å². The highest BCUT2D eigenvalue weighted by Crippen LogP contribution is 2.37. The summed E-state index contributed by atoms with van der Waals surface area (Å²) in [6, 6.07) is 0.0876. The van der Waals surface area contributed by atoms with Gasteiger partial charge >= 0.3 is 22.8 Å². The van der Waals surface area contributed by atoms with Crippen LogP contribution in [0.3, 0.4) is 0 Å². The average Bonchev–Trinajstić information content (AvgIpc) is 2.72. The number of fused-ring (bicyclic) bond motifs is 1. The number of amides is 1. The molecule has 2 N–H and O–H groups in total. The van der Waals surface area contributed by atoms with E-state index < -0.39 is 58.1 Å². The van der Waals surface area contributed by atoms with Crippen LogP contribution < -0.4 is 13.8 Å². The zero-order chi connectivity index (χ0) is 17.6. The monoisotopic (exact) mass is 364 g/mol. The number of nitrogens with one attached hydrogen (secondary N) is 1. The van der Waals surface area contributed by atoms with E-state index in [1.54, 1.807) is 4.72 Å². The van der Waals surface area contributed by atoms with Crippen molar-refractivity contribution in [2.45, 2.75) is 6.61 Å². The number of nitrogens with zero attached hydrogens (tertiary/aromatic N) is 3. The smallest absolute Gasteiger partial charge is 0.389 e. The standard InChI is InChI=1S/C11H7F3N4O5S/c12-7-8-4(2-15-11(16-8)23-10(13)14)1-5(19)9(7)18-3-6(20)17-24(18,21)22/h1-2,10,19H,3H2,(H,17,20). The summed E-state index contributed by atoms with van der Waals surface area (Å²) in [5.74, 6) is -3.07. The fourth-order valence-electron chi connectivity index (χ4n) is 2.12. The van der Waals surface area contributed by atoms with Crippen molar-refractivity contribution in [2.75, 3.05) is 10.8 Å². The first-order chi connectivity index (χ1) is 11.2. The fourth-order valence-corrected chi connectivity index (χ4v) is 3.28. The molecule has 1 aliphatic rings. The highest BCUT2D eigenvalue weighted by molar-refractivity contribution is 7.92. The van der Waals surface area contributed by atoms with Gasteiger partial charge in [-0.2, -0.15) is 22.2 Å². The number of carbonyl (C=O) groups is 1. The van der Waals surface area contributed by atoms with E-state index in [2.05, 4.69) is 14.7 Å². The van der Waals surface area contributed by atoms with Crippen LogP contribution in [0.15, 0.2) is 12.3 Å². The van der Waals surface area contributed by atoms with Gasteiger partial charge in [-0.1, -0.05) is 0 Å². The Morgan fingerprint density at radius 3 is 2.71 bits per heavy atom. The molecule has 2 aromatic rings. The van der Waals surface area contributed by atoms with E-state index in [-0.39, 0.29) is 5.39 Å². The molecule has 2 heterocycles. The second-order valence-electron chi connectivity index (χ2n) is 4.56. The topological polar surface area (TPSA) is 122 Å². The highest BCUT2D eigenvalue weighted by Gasteiger charge is 2.38. The van der Waals surface area contributed by atoms with Gasteiger partial charge in [0.25, 0.3) is 5.91 Å². The van der Waals surface area contributed by atoms with Crippen LogP contribution in [0.2, 0.25) is 0 Å². The molecule has 128 valence electrons. The van der Waals surface area contributed by atoms with Crippen LogP contribution in [0.1, 0.15) is 0 Å². The number of benzene rings is 1. The number of aromatic nitrogens is 2. The summed E-state index contributed by atoms with van der Waals surface area (Å²) in [4.78, 5) is 18.1. The van der Waals surface area contributed by atoms with Gasteiger partial charge in [0.2, 0.25) is 0 Å². The Morgan fingerprint density at radius 1 is 1.42 bits per heavy atom. The van der Waals surface area contributed by atoms with Gasteiger partial charge in [0.05, 0.1) is 0 Å². The Balaban J connectivity index is 2.20. The molecule has 0 spiro atoms. The van der Waals surface area contributed by atoms with Gasteiger partial charge in [-0.05, 0) is 6.07 Å². The maximum Gasteiger partial charge on any atom is 0.389 e. The third-order valence-electron chi connectivity index (χ3n) is 3.01. The number of alkyl halides is 2. The van der Waals surface area contributed by atoms with Crippen molar-refractivity contribution in [1.29, 1.82) is 0 Å². The molecule has 1 amide bonds. The number of carbonyl (C=O) groups excluding carboxylic acids is 1. The van der Waals surface area contributed by atoms with Crippen LogP contribution in [0.25, 0.3) is 10.9 Å². The lowest BCUT2D eigenvalue weighted by Crippen LogP contribution is -2.30. The van der Waals surface area contributed by atoms with E-state index in [9.17, 15) is 31.5 Å². The second kappa shape index (κ2) is 5.36. The maximum absolute atomic E-state index is 14.6. The van der Waals surface area contributed by atoms with E-state index in [1.165, 1.54) is 0 Å². The van der Waals surface area contributed by atoms with E-state index >= 15 is 0 Å². The fraction of sp³-hybridized carbons (Fsp3) is 0.182.